The predicted molar refractivity (Wildman–Crippen MR) is 102 cm³/mol. The monoisotopic (exact) mass is 351 g/mol. The molecule has 2 unspecified atom stereocenters. The molecule has 6 nitrogen and oxygen atoms in total. The van der Waals surface area contributed by atoms with Crippen molar-refractivity contribution in [2.75, 3.05) is 31.1 Å². The van der Waals surface area contributed by atoms with Crippen LogP contribution in [0.1, 0.15) is 23.6 Å². The summed E-state index contributed by atoms with van der Waals surface area (Å²) in [7, 11) is 0. The SMILES string of the molecule is Cc1ccc(C2CC(C(=O)N3CCN(c4ccncc4)CC3)NN2)cc1. The number of nitrogens with one attached hydrogen (secondary N) is 2. The molecular weight excluding hydrogens is 326 g/mol. The number of benzene rings is 1. The Morgan fingerprint density at radius 3 is 2.38 bits per heavy atom. The zero-order valence-electron chi connectivity index (χ0n) is 15.1. The van der Waals surface area contributed by atoms with E-state index >= 15 is 0 Å². The van der Waals surface area contributed by atoms with E-state index in [1.165, 1.54) is 16.8 Å². The fraction of sp³-hybridized carbons (Fsp3) is 0.400. The van der Waals surface area contributed by atoms with Gasteiger partial charge < -0.3 is 9.80 Å². The number of hydrogen-bond donors (Lipinski definition) is 2. The molecule has 136 valence electrons. The van der Waals surface area contributed by atoms with Crippen LogP contribution in [-0.4, -0.2) is 48.0 Å². The quantitative estimate of drug-likeness (QED) is 0.880. The van der Waals surface area contributed by atoms with E-state index in [1.54, 1.807) is 0 Å². The second kappa shape index (κ2) is 7.43. The first-order chi connectivity index (χ1) is 12.7. The molecule has 3 heterocycles. The third-order valence-corrected chi connectivity index (χ3v) is 5.30. The lowest BCUT2D eigenvalue weighted by Gasteiger charge is -2.37. The Hall–Kier alpha value is -2.44. The molecule has 2 fully saturated rings. The normalized spacial score (nSPS) is 23.3. The number of anilines is 1. The summed E-state index contributed by atoms with van der Waals surface area (Å²) in [6.45, 7) is 5.32. The lowest BCUT2D eigenvalue weighted by Crippen LogP contribution is -2.53. The molecule has 0 radical (unpaired) electrons. The molecule has 2 aromatic rings. The second-order valence-electron chi connectivity index (χ2n) is 7.06. The van der Waals surface area contributed by atoms with Crippen molar-refractivity contribution >= 4 is 11.6 Å². The number of carbonyl (C=O) groups excluding carboxylic acids is 1. The molecule has 6 heteroatoms. The highest BCUT2D eigenvalue weighted by Crippen LogP contribution is 2.24. The van der Waals surface area contributed by atoms with Gasteiger partial charge in [-0.2, -0.15) is 0 Å². The van der Waals surface area contributed by atoms with Gasteiger partial charge in [0.2, 0.25) is 5.91 Å². The first-order valence-electron chi connectivity index (χ1n) is 9.22. The molecule has 0 saturated carbocycles. The van der Waals surface area contributed by atoms with Crippen molar-refractivity contribution in [1.82, 2.24) is 20.7 Å². The average molecular weight is 351 g/mol. The molecule has 2 saturated heterocycles. The number of aromatic nitrogens is 1. The molecule has 0 spiro atoms. The highest BCUT2D eigenvalue weighted by Gasteiger charge is 2.34. The molecular formula is C20H25N5O. The summed E-state index contributed by atoms with van der Waals surface area (Å²) in [4.78, 5) is 21.2. The van der Waals surface area contributed by atoms with Gasteiger partial charge in [0.25, 0.3) is 0 Å². The third kappa shape index (κ3) is 3.57. The van der Waals surface area contributed by atoms with Crippen molar-refractivity contribution in [3.05, 3.63) is 59.9 Å². The minimum Gasteiger partial charge on any atom is -0.368 e. The first-order valence-corrected chi connectivity index (χ1v) is 9.22. The number of rotatable bonds is 3. The van der Waals surface area contributed by atoms with Crippen LogP contribution < -0.4 is 15.8 Å². The number of aryl methyl sites for hydroxylation is 1. The van der Waals surface area contributed by atoms with Crippen LogP contribution in [0.25, 0.3) is 0 Å². The largest absolute Gasteiger partial charge is 0.368 e. The van der Waals surface area contributed by atoms with E-state index in [4.69, 9.17) is 0 Å². The van der Waals surface area contributed by atoms with Gasteiger partial charge in [-0.3, -0.25) is 9.78 Å². The van der Waals surface area contributed by atoms with Crippen LogP contribution in [-0.2, 0) is 4.79 Å². The molecule has 26 heavy (non-hydrogen) atoms. The predicted octanol–water partition coefficient (Wildman–Crippen LogP) is 1.65. The van der Waals surface area contributed by atoms with E-state index in [0.29, 0.717) is 0 Å². The van der Waals surface area contributed by atoms with Crippen LogP contribution in [0.3, 0.4) is 0 Å². The summed E-state index contributed by atoms with van der Waals surface area (Å²) >= 11 is 0. The average Bonchev–Trinajstić information content (AvgIpc) is 3.19. The van der Waals surface area contributed by atoms with Gasteiger partial charge in [-0.1, -0.05) is 29.8 Å². The van der Waals surface area contributed by atoms with Gasteiger partial charge >= 0.3 is 0 Å². The Bertz CT molecular complexity index is 741. The van der Waals surface area contributed by atoms with E-state index in [2.05, 4.69) is 51.9 Å². The molecule has 2 aliphatic rings. The van der Waals surface area contributed by atoms with Gasteiger partial charge in [0.05, 0.1) is 0 Å². The minimum atomic E-state index is -0.159. The fourth-order valence-electron chi connectivity index (χ4n) is 3.70. The standard InChI is InChI=1S/C20H25N5O/c1-15-2-4-16(5-3-15)18-14-19(23-22-18)20(26)25-12-10-24(11-13-25)17-6-8-21-9-7-17/h2-9,18-19,22-23H,10-14H2,1H3. The summed E-state index contributed by atoms with van der Waals surface area (Å²) in [5.74, 6) is 0.196. The van der Waals surface area contributed by atoms with Crippen molar-refractivity contribution < 1.29 is 4.79 Å². The number of amides is 1. The van der Waals surface area contributed by atoms with Crippen LogP contribution in [0.15, 0.2) is 48.8 Å². The summed E-state index contributed by atoms with van der Waals surface area (Å²) in [5, 5.41) is 0. The number of nitrogens with zero attached hydrogens (tertiary/aromatic N) is 3. The minimum absolute atomic E-state index is 0.159. The maximum Gasteiger partial charge on any atom is 0.241 e. The summed E-state index contributed by atoms with van der Waals surface area (Å²) < 4.78 is 0. The molecule has 1 aromatic carbocycles. The number of pyridine rings is 1. The summed E-state index contributed by atoms with van der Waals surface area (Å²) in [5.41, 5.74) is 10.1. The Kier molecular flexibility index (Phi) is 4.86. The summed E-state index contributed by atoms with van der Waals surface area (Å²) in [6, 6.07) is 12.6. The molecule has 1 aromatic heterocycles. The number of piperazine rings is 1. The number of hydrogen-bond acceptors (Lipinski definition) is 5. The van der Waals surface area contributed by atoms with Crippen molar-refractivity contribution in [3.63, 3.8) is 0 Å². The van der Waals surface area contributed by atoms with E-state index in [0.717, 1.165) is 32.6 Å². The zero-order valence-corrected chi connectivity index (χ0v) is 15.1. The lowest BCUT2D eigenvalue weighted by atomic mass is 10.0. The van der Waals surface area contributed by atoms with Crippen molar-refractivity contribution in [3.8, 4) is 0 Å². The van der Waals surface area contributed by atoms with Crippen molar-refractivity contribution in [1.29, 1.82) is 0 Å². The van der Waals surface area contributed by atoms with Gasteiger partial charge in [-0.15, -0.1) is 0 Å². The molecule has 2 atom stereocenters. The van der Waals surface area contributed by atoms with Gasteiger partial charge in [0.15, 0.2) is 0 Å². The topological polar surface area (TPSA) is 60.5 Å². The van der Waals surface area contributed by atoms with E-state index in [1.807, 2.05) is 29.4 Å². The van der Waals surface area contributed by atoms with Gasteiger partial charge in [0, 0.05) is 50.3 Å². The van der Waals surface area contributed by atoms with Crippen molar-refractivity contribution in [2.45, 2.75) is 25.4 Å². The molecule has 0 aliphatic carbocycles. The van der Waals surface area contributed by atoms with E-state index in [-0.39, 0.29) is 18.0 Å². The van der Waals surface area contributed by atoms with Crippen molar-refractivity contribution in [2.24, 2.45) is 0 Å². The molecule has 0 bridgehead atoms. The van der Waals surface area contributed by atoms with Crippen LogP contribution in [0.4, 0.5) is 5.69 Å². The van der Waals surface area contributed by atoms with Gasteiger partial charge in [-0.25, -0.2) is 10.9 Å². The smallest absolute Gasteiger partial charge is 0.241 e. The molecule has 1 amide bonds. The Balaban J connectivity index is 1.32. The number of hydrazine groups is 1. The van der Waals surface area contributed by atoms with Crippen LogP contribution in [0.2, 0.25) is 0 Å². The van der Waals surface area contributed by atoms with E-state index < -0.39 is 0 Å². The highest BCUT2D eigenvalue weighted by atomic mass is 16.2. The first kappa shape index (κ1) is 17.0. The Morgan fingerprint density at radius 2 is 1.69 bits per heavy atom. The lowest BCUT2D eigenvalue weighted by molar-refractivity contribution is -0.133. The second-order valence-corrected chi connectivity index (χ2v) is 7.06. The molecule has 2 N–H and O–H groups in total. The summed E-state index contributed by atoms with van der Waals surface area (Å²) in [6.07, 6.45) is 4.41. The fourth-order valence-corrected chi connectivity index (χ4v) is 3.70. The zero-order chi connectivity index (χ0) is 17.9. The van der Waals surface area contributed by atoms with Crippen LogP contribution in [0.5, 0.6) is 0 Å². The van der Waals surface area contributed by atoms with Crippen LogP contribution >= 0.6 is 0 Å². The maximum atomic E-state index is 12.9. The number of carbonyl (C=O) groups is 1. The van der Waals surface area contributed by atoms with Gasteiger partial charge in [-0.05, 0) is 31.0 Å². The van der Waals surface area contributed by atoms with E-state index in [9.17, 15) is 4.79 Å². The molecule has 4 rings (SSSR count). The highest BCUT2D eigenvalue weighted by molar-refractivity contribution is 5.82. The van der Waals surface area contributed by atoms with Gasteiger partial charge in [0.1, 0.15) is 6.04 Å². The Morgan fingerprint density at radius 1 is 1.00 bits per heavy atom. The maximum absolute atomic E-state index is 12.9. The Labute approximate surface area is 154 Å². The van der Waals surface area contributed by atoms with Crippen LogP contribution in [0, 0.1) is 6.92 Å². The molecule has 2 aliphatic heterocycles. The third-order valence-electron chi connectivity index (χ3n) is 5.30.